The number of rotatable bonds is 3. The molecule has 4 rings (SSSR count). The zero-order valence-electron chi connectivity index (χ0n) is 16.4. The van der Waals surface area contributed by atoms with Crippen LogP contribution in [0.15, 0.2) is 64.9 Å². The highest BCUT2D eigenvalue weighted by atomic mass is 15.3. The molecule has 0 aliphatic heterocycles. The molecule has 3 aromatic carbocycles. The van der Waals surface area contributed by atoms with Gasteiger partial charge in [-0.05, 0) is 61.7 Å². The number of aromatic nitrogens is 1. The maximum atomic E-state index is 5.99. The first-order valence-electron chi connectivity index (χ1n) is 9.31. The van der Waals surface area contributed by atoms with Crippen molar-refractivity contribution in [2.24, 2.45) is 16.2 Å². The van der Waals surface area contributed by atoms with Crippen LogP contribution < -0.4 is 11.3 Å². The van der Waals surface area contributed by atoms with E-state index in [1.54, 1.807) is 0 Å². The zero-order valence-corrected chi connectivity index (χ0v) is 16.4. The van der Waals surface area contributed by atoms with Gasteiger partial charge in [0.25, 0.3) is 0 Å². The molecule has 0 amide bonds. The van der Waals surface area contributed by atoms with Gasteiger partial charge in [0, 0.05) is 33.6 Å². The van der Waals surface area contributed by atoms with E-state index in [0.29, 0.717) is 5.84 Å². The highest BCUT2D eigenvalue weighted by molar-refractivity contribution is 6.10. The maximum absolute atomic E-state index is 5.99. The molecular formula is C23H24N5+. The average molecular weight is 370 g/mol. The van der Waals surface area contributed by atoms with E-state index in [2.05, 4.69) is 84.2 Å². The lowest BCUT2D eigenvalue weighted by molar-refractivity contribution is -0.114. The fourth-order valence-corrected chi connectivity index (χ4v) is 4.12. The van der Waals surface area contributed by atoms with E-state index in [0.717, 1.165) is 17.5 Å². The number of amidine groups is 1. The van der Waals surface area contributed by atoms with Gasteiger partial charge in [-0.15, -0.1) is 0 Å². The highest BCUT2D eigenvalue weighted by Gasteiger charge is 2.16. The SMILES string of the molecule is Cc1cc(C)c(Cn2c3ccccc3c3cc(C(=[NH2+])N=NN)ccc32)c(C)c1. The number of hydrogen-bond acceptors (Lipinski definition) is 1. The Labute approximate surface area is 164 Å². The molecule has 0 saturated carbocycles. The van der Waals surface area contributed by atoms with Crippen molar-refractivity contribution >= 4 is 27.6 Å². The molecule has 0 radical (unpaired) electrons. The summed E-state index contributed by atoms with van der Waals surface area (Å²) >= 11 is 0. The smallest absolute Gasteiger partial charge is 0.336 e. The fraction of sp³-hybridized carbons (Fsp3) is 0.174. The second-order valence-electron chi connectivity index (χ2n) is 7.31. The van der Waals surface area contributed by atoms with Gasteiger partial charge in [-0.25, -0.2) is 0 Å². The third-order valence-electron chi connectivity index (χ3n) is 5.39. The Hall–Kier alpha value is -3.47. The van der Waals surface area contributed by atoms with Crippen LogP contribution in [0.3, 0.4) is 0 Å². The lowest BCUT2D eigenvalue weighted by Crippen LogP contribution is -2.38. The first-order valence-corrected chi connectivity index (χ1v) is 9.31. The van der Waals surface area contributed by atoms with Crippen molar-refractivity contribution in [3.05, 3.63) is 82.4 Å². The summed E-state index contributed by atoms with van der Waals surface area (Å²) in [6.45, 7) is 7.35. The predicted octanol–water partition coefficient (Wildman–Crippen LogP) is 3.60. The molecule has 1 aromatic heterocycles. The molecule has 0 bridgehead atoms. The number of aryl methyl sites for hydroxylation is 3. The Bertz CT molecular complexity index is 1220. The molecule has 4 N–H and O–H groups in total. The minimum absolute atomic E-state index is 0.312. The molecule has 0 spiro atoms. The largest absolute Gasteiger partial charge is 0.350 e. The minimum atomic E-state index is 0.312. The normalized spacial score (nSPS) is 11.7. The first kappa shape index (κ1) is 17.9. The van der Waals surface area contributed by atoms with Gasteiger partial charge in [-0.1, -0.05) is 35.9 Å². The summed E-state index contributed by atoms with van der Waals surface area (Å²) in [6.07, 6.45) is 0. The van der Waals surface area contributed by atoms with Crippen LogP contribution in [0.1, 0.15) is 27.8 Å². The Morgan fingerprint density at radius 3 is 2.32 bits per heavy atom. The van der Waals surface area contributed by atoms with Crippen molar-refractivity contribution < 1.29 is 5.41 Å². The summed E-state index contributed by atoms with van der Waals surface area (Å²) in [5.74, 6) is 5.46. The standard InChI is InChI=1S/C23H23N5/c1-14-10-15(2)20(16(3)11-14)13-28-21-7-5-4-6-18(21)19-12-17(8-9-22(19)28)23(24)26-27-25/h4-12H,13H2,1-3H3,(H3,24,25,26)/p+1. The Balaban J connectivity index is 1.94. The van der Waals surface area contributed by atoms with Crippen LogP contribution in [-0.2, 0) is 6.54 Å². The van der Waals surface area contributed by atoms with Crippen molar-refractivity contribution in [2.75, 3.05) is 0 Å². The van der Waals surface area contributed by atoms with Gasteiger partial charge in [-0.2, -0.15) is 0 Å². The van der Waals surface area contributed by atoms with Crippen molar-refractivity contribution in [3.63, 3.8) is 0 Å². The molecule has 28 heavy (non-hydrogen) atoms. The van der Waals surface area contributed by atoms with Gasteiger partial charge in [0.2, 0.25) is 0 Å². The van der Waals surface area contributed by atoms with Crippen LogP contribution in [-0.4, -0.2) is 10.4 Å². The molecule has 0 aliphatic rings. The van der Waals surface area contributed by atoms with E-state index in [1.165, 1.54) is 38.7 Å². The number of para-hydroxylation sites is 1. The molecule has 4 aromatic rings. The van der Waals surface area contributed by atoms with E-state index in [9.17, 15) is 0 Å². The molecule has 0 atom stereocenters. The minimum Gasteiger partial charge on any atom is -0.336 e. The Kier molecular flexibility index (Phi) is 4.43. The quantitative estimate of drug-likeness (QED) is 0.187. The van der Waals surface area contributed by atoms with E-state index in [4.69, 9.17) is 11.3 Å². The lowest BCUT2D eigenvalue weighted by atomic mass is 9.99. The van der Waals surface area contributed by atoms with Gasteiger partial charge in [0.1, 0.15) is 0 Å². The van der Waals surface area contributed by atoms with Crippen LogP contribution in [0.25, 0.3) is 21.8 Å². The van der Waals surface area contributed by atoms with Crippen LogP contribution in [0, 0.1) is 20.8 Å². The van der Waals surface area contributed by atoms with E-state index in [-0.39, 0.29) is 0 Å². The number of hydrogen-bond donors (Lipinski definition) is 2. The predicted molar refractivity (Wildman–Crippen MR) is 114 cm³/mol. The molecule has 1 heterocycles. The molecule has 140 valence electrons. The van der Waals surface area contributed by atoms with Crippen LogP contribution in [0.5, 0.6) is 0 Å². The average Bonchev–Trinajstić information content (AvgIpc) is 2.98. The van der Waals surface area contributed by atoms with Gasteiger partial charge in [0.15, 0.2) is 0 Å². The second kappa shape index (κ2) is 6.93. The van der Waals surface area contributed by atoms with E-state index in [1.807, 2.05) is 6.07 Å². The summed E-state index contributed by atoms with van der Waals surface area (Å²) in [5.41, 5.74) is 8.48. The number of fused-ring (bicyclic) bond motifs is 3. The Morgan fingerprint density at radius 2 is 1.61 bits per heavy atom. The Morgan fingerprint density at radius 1 is 0.929 bits per heavy atom. The van der Waals surface area contributed by atoms with Gasteiger partial charge < -0.3 is 4.57 Å². The van der Waals surface area contributed by atoms with Crippen LogP contribution in [0.2, 0.25) is 0 Å². The van der Waals surface area contributed by atoms with Crippen LogP contribution >= 0.6 is 0 Å². The number of nitrogens with zero attached hydrogens (tertiary/aromatic N) is 3. The molecule has 5 heteroatoms. The molecule has 0 fully saturated rings. The number of benzene rings is 3. The molecular weight excluding hydrogens is 346 g/mol. The number of nitrogens with two attached hydrogens (primary N) is 2. The summed E-state index contributed by atoms with van der Waals surface area (Å²) in [6, 6.07) is 19.1. The monoisotopic (exact) mass is 370 g/mol. The summed E-state index contributed by atoms with van der Waals surface area (Å²) in [4.78, 5) is 0. The molecule has 5 nitrogen and oxygen atoms in total. The van der Waals surface area contributed by atoms with Gasteiger partial charge >= 0.3 is 5.84 Å². The summed E-state index contributed by atoms with van der Waals surface area (Å²) in [5, 5.41) is 15.4. The second-order valence-corrected chi connectivity index (χ2v) is 7.31. The van der Waals surface area contributed by atoms with Gasteiger partial charge in [-0.3, -0.25) is 11.3 Å². The first-order chi connectivity index (χ1) is 13.5. The fourth-order valence-electron chi connectivity index (χ4n) is 4.12. The summed E-state index contributed by atoms with van der Waals surface area (Å²) in [7, 11) is 0. The molecule has 0 aliphatic carbocycles. The van der Waals surface area contributed by atoms with Crippen molar-refractivity contribution in [2.45, 2.75) is 27.3 Å². The highest BCUT2D eigenvalue weighted by Crippen LogP contribution is 2.31. The van der Waals surface area contributed by atoms with E-state index < -0.39 is 0 Å². The molecule has 0 saturated heterocycles. The van der Waals surface area contributed by atoms with Crippen molar-refractivity contribution in [1.29, 1.82) is 0 Å². The third-order valence-corrected chi connectivity index (χ3v) is 5.39. The van der Waals surface area contributed by atoms with E-state index >= 15 is 0 Å². The van der Waals surface area contributed by atoms with Crippen molar-refractivity contribution in [1.82, 2.24) is 4.57 Å². The van der Waals surface area contributed by atoms with Gasteiger partial charge in [0.05, 0.1) is 10.7 Å². The summed E-state index contributed by atoms with van der Waals surface area (Å²) < 4.78 is 2.37. The third kappa shape index (κ3) is 2.95. The van der Waals surface area contributed by atoms with Crippen molar-refractivity contribution in [3.8, 4) is 0 Å². The van der Waals surface area contributed by atoms with Crippen LogP contribution in [0.4, 0.5) is 0 Å². The zero-order chi connectivity index (χ0) is 19.8. The lowest BCUT2D eigenvalue weighted by Gasteiger charge is -2.14. The molecule has 0 unspecified atom stereocenters. The maximum Gasteiger partial charge on any atom is 0.350 e. The topological polar surface area (TPSA) is 81.3 Å².